The summed E-state index contributed by atoms with van der Waals surface area (Å²) in [4.78, 5) is 12.6. The Kier molecular flexibility index (Phi) is 6.30. The predicted octanol–water partition coefficient (Wildman–Crippen LogP) is 4.72. The van der Waals surface area contributed by atoms with E-state index in [-0.39, 0.29) is 5.91 Å². The van der Waals surface area contributed by atoms with Crippen LogP contribution >= 0.6 is 11.8 Å². The molecular formula is C23H26N4OS. The van der Waals surface area contributed by atoms with Crippen LogP contribution in [0.25, 0.3) is 17.1 Å². The Morgan fingerprint density at radius 2 is 1.72 bits per heavy atom. The average Bonchev–Trinajstić information content (AvgIpc) is 3.19. The molecule has 2 aromatic carbocycles. The lowest BCUT2D eigenvalue weighted by molar-refractivity contribution is -0.119. The smallest absolute Gasteiger partial charge is 0.230 e. The van der Waals surface area contributed by atoms with E-state index >= 15 is 0 Å². The van der Waals surface area contributed by atoms with E-state index in [9.17, 15) is 4.79 Å². The topological polar surface area (TPSA) is 59.8 Å². The molecule has 0 bridgehead atoms. The second-order valence-electron chi connectivity index (χ2n) is 7.57. The molecular weight excluding hydrogens is 380 g/mol. The molecule has 29 heavy (non-hydrogen) atoms. The Labute approximate surface area is 175 Å². The van der Waals surface area contributed by atoms with Crippen molar-refractivity contribution in [2.75, 3.05) is 5.75 Å². The fourth-order valence-electron chi connectivity index (χ4n) is 3.86. The quantitative estimate of drug-likeness (QED) is 0.602. The van der Waals surface area contributed by atoms with Gasteiger partial charge in [0.25, 0.3) is 0 Å². The molecule has 0 radical (unpaired) electrons. The van der Waals surface area contributed by atoms with E-state index in [1.807, 2.05) is 65.2 Å². The standard InChI is InChI=1S/C23H26N4OS/c1-17-10-8-9-15-20(17)24-21(28)16-29-23-26-25-22(18-11-4-2-5-12-18)27(23)19-13-6-3-7-14-19/h2-7,11-14,17,20H,8-10,15-16H2,1H3,(H,24,28)/t17-,20+/m1/s1. The molecule has 0 aliphatic heterocycles. The number of para-hydroxylation sites is 1. The van der Waals surface area contributed by atoms with Crippen LogP contribution in [0.15, 0.2) is 65.8 Å². The highest BCUT2D eigenvalue weighted by atomic mass is 32.2. The van der Waals surface area contributed by atoms with Crippen molar-refractivity contribution in [2.45, 2.75) is 43.8 Å². The summed E-state index contributed by atoms with van der Waals surface area (Å²) < 4.78 is 2.02. The lowest BCUT2D eigenvalue weighted by Gasteiger charge is -2.29. The number of rotatable bonds is 6. The maximum atomic E-state index is 12.6. The molecule has 1 amide bonds. The number of aromatic nitrogens is 3. The highest BCUT2D eigenvalue weighted by Gasteiger charge is 2.23. The van der Waals surface area contributed by atoms with Crippen molar-refractivity contribution in [1.29, 1.82) is 0 Å². The van der Waals surface area contributed by atoms with Gasteiger partial charge in [-0.1, -0.05) is 80.1 Å². The first-order valence-corrected chi connectivity index (χ1v) is 11.2. The van der Waals surface area contributed by atoms with Crippen molar-refractivity contribution in [3.8, 4) is 17.1 Å². The number of hydrogen-bond acceptors (Lipinski definition) is 4. The zero-order valence-corrected chi connectivity index (χ0v) is 17.4. The molecule has 4 rings (SSSR count). The number of hydrogen-bond donors (Lipinski definition) is 1. The molecule has 0 saturated heterocycles. The van der Waals surface area contributed by atoms with Gasteiger partial charge < -0.3 is 5.32 Å². The van der Waals surface area contributed by atoms with Crippen LogP contribution < -0.4 is 5.32 Å². The van der Waals surface area contributed by atoms with Crippen molar-refractivity contribution in [3.05, 3.63) is 60.7 Å². The number of nitrogens with zero attached hydrogens (tertiary/aromatic N) is 3. The molecule has 3 aromatic rings. The number of carbonyl (C=O) groups is 1. The second-order valence-corrected chi connectivity index (χ2v) is 8.51. The lowest BCUT2D eigenvalue weighted by atomic mass is 9.86. The van der Waals surface area contributed by atoms with Gasteiger partial charge >= 0.3 is 0 Å². The van der Waals surface area contributed by atoms with Gasteiger partial charge in [0.2, 0.25) is 5.91 Å². The number of amides is 1. The first-order valence-electron chi connectivity index (χ1n) is 10.2. The van der Waals surface area contributed by atoms with Gasteiger partial charge in [-0.15, -0.1) is 10.2 Å². The van der Waals surface area contributed by atoms with E-state index in [4.69, 9.17) is 0 Å². The van der Waals surface area contributed by atoms with Crippen LogP contribution in [0.1, 0.15) is 32.6 Å². The van der Waals surface area contributed by atoms with E-state index in [2.05, 4.69) is 22.4 Å². The van der Waals surface area contributed by atoms with Crippen LogP contribution in [0.5, 0.6) is 0 Å². The third-order valence-electron chi connectivity index (χ3n) is 5.47. The largest absolute Gasteiger partial charge is 0.352 e. The predicted molar refractivity (Wildman–Crippen MR) is 117 cm³/mol. The van der Waals surface area contributed by atoms with E-state index in [1.54, 1.807) is 0 Å². The van der Waals surface area contributed by atoms with Crippen molar-refractivity contribution in [3.63, 3.8) is 0 Å². The third-order valence-corrected chi connectivity index (χ3v) is 6.40. The van der Waals surface area contributed by atoms with Gasteiger partial charge in [0.05, 0.1) is 5.75 Å². The van der Waals surface area contributed by atoms with E-state index in [0.29, 0.717) is 17.7 Å². The molecule has 1 aromatic heterocycles. The molecule has 1 heterocycles. The number of carbonyl (C=O) groups excluding carboxylic acids is 1. The minimum Gasteiger partial charge on any atom is -0.352 e. The highest BCUT2D eigenvalue weighted by molar-refractivity contribution is 7.99. The van der Waals surface area contributed by atoms with Crippen molar-refractivity contribution in [1.82, 2.24) is 20.1 Å². The van der Waals surface area contributed by atoms with Crippen molar-refractivity contribution in [2.24, 2.45) is 5.92 Å². The Bertz CT molecular complexity index is 942. The molecule has 1 N–H and O–H groups in total. The van der Waals surface area contributed by atoms with Crippen molar-refractivity contribution >= 4 is 17.7 Å². The zero-order valence-electron chi connectivity index (χ0n) is 16.6. The van der Waals surface area contributed by atoms with Crippen LogP contribution in [0, 0.1) is 5.92 Å². The highest BCUT2D eigenvalue weighted by Crippen LogP contribution is 2.28. The van der Waals surface area contributed by atoms with Gasteiger partial charge in [-0.25, -0.2) is 0 Å². The molecule has 6 heteroatoms. The van der Waals surface area contributed by atoms with Gasteiger partial charge in [-0.2, -0.15) is 0 Å². The van der Waals surface area contributed by atoms with Gasteiger partial charge in [-0.3, -0.25) is 9.36 Å². The van der Waals surface area contributed by atoms with Gasteiger partial charge in [0.1, 0.15) is 0 Å². The van der Waals surface area contributed by atoms with Crippen LogP contribution in [0.3, 0.4) is 0 Å². The summed E-state index contributed by atoms with van der Waals surface area (Å²) >= 11 is 1.43. The zero-order chi connectivity index (χ0) is 20.1. The van der Waals surface area contributed by atoms with Crippen LogP contribution in [0.4, 0.5) is 0 Å². The fourth-order valence-corrected chi connectivity index (χ4v) is 4.62. The minimum absolute atomic E-state index is 0.0672. The average molecular weight is 407 g/mol. The van der Waals surface area contributed by atoms with Crippen molar-refractivity contribution < 1.29 is 4.79 Å². The summed E-state index contributed by atoms with van der Waals surface area (Å²) in [6.07, 6.45) is 4.74. The third kappa shape index (κ3) is 4.70. The summed E-state index contributed by atoms with van der Waals surface area (Å²) in [6.45, 7) is 2.23. The molecule has 5 nitrogen and oxygen atoms in total. The molecule has 0 spiro atoms. The Morgan fingerprint density at radius 3 is 2.45 bits per heavy atom. The lowest BCUT2D eigenvalue weighted by Crippen LogP contribution is -2.41. The summed E-state index contributed by atoms with van der Waals surface area (Å²) in [6, 6.07) is 20.4. The van der Waals surface area contributed by atoms with Gasteiger partial charge in [-0.05, 0) is 30.9 Å². The molecule has 150 valence electrons. The molecule has 0 unspecified atom stereocenters. The van der Waals surface area contributed by atoms with Crippen LogP contribution in [-0.4, -0.2) is 32.5 Å². The van der Waals surface area contributed by atoms with Gasteiger partial charge in [0.15, 0.2) is 11.0 Å². The maximum Gasteiger partial charge on any atom is 0.230 e. The molecule has 1 aliphatic rings. The van der Waals surface area contributed by atoms with E-state index < -0.39 is 0 Å². The first kappa shape index (κ1) is 19.7. The number of benzene rings is 2. The molecule has 1 aliphatic carbocycles. The summed E-state index contributed by atoms with van der Waals surface area (Å²) in [5, 5.41) is 12.8. The Balaban J connectivity index is 1.53. The van der Waals surface area contributed by atoms with E-state index in [1.165, 1.54) is 31.0 Å². The Hall–Kier alpha value is -2.60. The fraction of sp³-hybridized carbons (Fsp3) is 0.348. The monoisotopic (exact) mass is 406 g/mol. The second kappa shape index (κ2) is 9.27. The maximum absolute atomic E-state index is 12.6. The summed E-state index contributed by atoms with van der Waals surface area (Å²) in [7, 11) is 0. The van der Waals surface area contributed by atoms with E-state index in [0.717, 1.165) is 28.7 Å². The van der Waals surface area contributed by atoms with Gasteiger partial charge in [0, 0.05) is 17.3 Å². The Morgan fingerprint density at radius 1 is 1.03 bits per heavy atom. The SMILES string of the molecule is C[C@@H]1CCCC[C@@H]1NC(=O)CSc1nnc(-c2ccccc2)n1-c1ccccc1. The molecule has 1 saturated carbocycles. The van der Waals surface area contributed by atoms with Crippen LogP contribution in [0.2, 0.25) is 0 Å². The first-order chi connectivity index (χ1) is 14.2. The number of thioether (sulfide) groups is 1. The number of nitrogens with one attached hydrogen (secondary N) is 1. The summed E-state index contributed by atoms with van der Waals surface area (Å²) in [5.41, 5.74) is 1.98. The molecule has 1 fully saturated rings. The molecule has 2 atom stereocenters. The normalized spacial score (nSPS) is 19.1. The minimum atomic E-state index is 0.0672. The van der Waals surface area contributed by atoms with Crippen LogP contribution in [-0.2, 0) is 4.79 Å². The summed E-state index contributed by atoms with van der Waals surface area (Å²) in [5.74, 6) is 1.73.